The summed E-state index contributed by atoms with van der Waals surface area (Å²) in [7, 11) is -8.19. The SMILES string of the molecule is CON=C1CCC(C(C#N)S(=O)(=O)CCC(F)(C(F)(F)F)C(F)(F)F)CC1.N#CC(C1CCC(=O)CC1)S(=O)(=O)CCC(F)(C(F)(F)F)C(F)(F)F. The molecule has 0 aromatic rings. The summed E-state index contributed by atoms with van der Waals surface area (Å²) in [6.45, 7) is 0. The Labute approximate surface area is 288 Å². The second kappa shape index (κ2) is 17.0. The molecule has 0 N–H and O–H groups in total. The van der Waals surface area contributed by atoms with Crippen LogP contribution in [0.2, 0.25) is 0 Å². The van der Waals surface area contributed by atoms with Gasteiger partial charge in [0.05, 0.1) is 29.4 Å². The van der Waals surface area contributed by atoms with Crippen LogP contribution >= 0.6 is 0 Å². The molecule has 2 unspecified atom stereocenters. The molecular formula is C27H31F14N3O6S2. The van der Waals surface area contributed by atoms with Gasteiger partial charge in [0.25, 0.3) is 11.3 Å². The molecule has 0 aliphatic heterocycles. The van der Waals surface area contributed by atoms with Gasteiger partial charge in [-0.05, 0) is 50.4 Å². The maximum Gasteiger partial charge on any atom is 0.431 e. The smallest absolute Gasteiger partial charge is 0.399 e. The number of carbonyl (C=O) groups excluding carboxylic acids is 1. The molecule has 0 amide bonds. The second-order valence-electron chi connectivity index (χ2n) is 12.0. The molecule has 0 bridgehead atoms. The molecule has 0 spiro atoms. The highest BCUT2D eigenvalue weighted by atomic mass is 32.2. The number of halogens is 14. The van der Waals surface area contributed by atoms with E-state index >= 15 is 0 Å². The number of hydrogen-bond acceptors (Lipinski definition) is 9. The van der Waals surface area contributed by atoms with Crippen LogP contribution in [0.5, 0.6) is 0 Å². The normalized spacial score (nSPS) is 20.1. The monoisotopic (exact) mass is 823 g/mol. The van der Waals surface area contributed by atoms with Crippen LogP contribution in [0.3, 0.4) is 0 Å². The number of carbonyl (C=O) groups is 1. The lowest BCUT2D eigenvalue weighted by molar-refractivity contribution is -0.342. The number of sulfone groups is 2. The first-order valence-electron chi connectivity index (χ1n) is 14.8. The second-order valence-corrected chi connectivity index (χ2v) is 16.5. The zero-order valence-corrected chi connectivity index (χ0v) is 28.3. The summed E-state index contributed by atoms with van der Waals surface area (Å²) in [5, 5.41) is 18.0. The summed E-state index contributed by atoms with van der Waals surface area (Å²) in [4.78, 5) is 15.7. The highest BCUT2D eigenvalue weighted by molar-refractivity contribution is 7.92. The zero-order chi connectivity index (χ0) is 40.8. The Balaban J connectivity index is 0.000000522. The highest BCUT2D eigenvalue weighted by Crippen LogP contribution is 2.50. The van der Waals surface area contributed by atoms with Crippen LogP contribution in [0.4, 0.5) is 61.5 Å². The lowest BCUT2D eigenvalue weighted by atomic mass is 9.86. The molecule has 0 aromatic heterocycles. The summed E-state index contributed by atoms with van der Waals surface area (Å²) in [5.41, 5.74) is -10.8. The number of hydrogen-bond donors (Lipinski definition) is 0. The van der Waals surface area contributed by atoms with Gasteiger partial charge in [-0.1, -0.05) is 5.16 Å². The summed E-state index contributed by atoms with van der Waals surface area (Å²) in [6.07, 6.45) is -29.4. The molecule has 2 rings (SSSR count). The van der Waals surface area contributed by atoms with E-state index in [1.54, 1.807) is 0 Å². The number of nitrogens with zero attached hydrogens (tertiary/aromatic N) is 3. The van der Waals surface area contributed by atoms with Crippen LogP contribution < -0.4 is 0 Å². The van der Waals surface area contributed by atoms with E-state index in [2.05, 4.69) is 9.99 Å². The van der Waals surface area contributed by atoms with Crippen molar-refractivity contribution in [3.05, 3.63) is 0 Å². The molecule has 2 fully saturated rings. The van der Waals surface area contributed by atoms with E-state index in [1.165, 1.54) is 19.2 Å². The third-order valence-electron chi connectivity index (χ3n) is 8.56. The van der Waals surface area contributed by atoms with Gasteiger partial charge in [-0.2, -0.15) is 63.2 Å². The molecule has 0 radical (unpaired) electrons. The standard InChI is InChI=1S/C14H17F7N2O3S.C13H14F7NO3S/c1-26-23-10-4-2-9(3-5-10)11(8-22)27(24,25)7-6-12(15,13(16,17)18)14(19,20)21;14-11(12(15,16)17,13(18,19)20)5-6-25(23,24)10(7-21)8-1-3-9(22)4-2-8/h9,11H,2-7H2,1H3;8,10H,1-6H2. The van der Waals surface area contributed by atoms with Crippen LogP contribution in [0.1, 0.15) is 64.2 Å². The van der Waals surface area contributed by atoms with Gasteiger partial charge < -0.3 is 4.84 Å². The van der Waals surface area contributed by atoms with Crippen LogP contribution in [0.25, 0.3) is 0 Å². The Morgan fingerprint density at radius 3 is 1.17 bits per heavy atom. The van der Waals surface area contributed by atoms with E-state index in [9.17, 15) is 83.1 Å². The van der Waals surface area contributed by atoms with Gasteiger partial charge in [0.15, 0.2) is 30.2 Å². The molecule has 52 heavy (non-hydrogen) atoms. The number of rotatable bonds is 11. The molecule has 0 aromatic carbocycles. The molecular weight excluding hydrogens is 792 g/mol. The van der Waals surface area contributed by atoms with E-state index in [0.717, 1.165) is 0 Å². The fourth-order valence-corrected chi connectivity index (χ4v) is 9.11. The topological polar surface area (TPSA) is 155 Å². The van der Waals surface area contributed by atoms with Gasteiger partial charge in [0, 0.05) is 25.7 Å². The van der Waals surface area contributed by atoms with Crippen molar-refractivity contribution in [3.8, 4) is 12.1 Å². The third kappa shape index (κ3) is 11.3. The Morgan fingerprint density at radius 2 is 0.923 bits per heavy atom. The van der Waals surface area contributed by atoms with Crippen molar-refractivity contribution >= 4 is 31.2 Å². The van der Waals surface area contributed by atoms with E-state index < -0.39 is 102 Å². The minimum absolute atomic E-state index is 0.0183. The predicted molar refractivity (Wildman–Crippen MR) is 151 cm³/mol. The Morgan fingerprint density at radius 1 is 0.635 bits per heavy atom. The largest absolute Gasteiger partial charge is 0.431 e. The van der Waals surface area contributed by atoms with Crippen molar-refractivity contribution in [2.45, 2.75) is 111 Å². The third-order valence-corrected chi connectivity index (χ3v) is 12.6. The van der Waals surface area contributed by atoms with Gasteiger partial charge in [-0.25, -0.2) is 25.6 Å². The van der Waals surface area contributed by atoms with E-state index in [0.29, 0.717) is 5.71 Å². The van der Waals surface area contributed by atoms with E-state index in [4.69, 9.17) is 10.5 Å². The molecule has 0 saturated heterocycles. The van der Waals surface area contributed by atoms with Crippen molar-refractivity contribution in [2.24, 2.45) is 17.0 Å². The zero-order valence-electron chi connectivity index (χ0n) is 26.7. The minimum Gasteiger partial charge on any atom is -0.399 e. The average Bonchev–Trinajstić information content (AvgIpc) is 2.99. The molecule has 0 heterocycles. The summed E-state index contributed by atoms with van der Waals surface area (Å²) in [6, 6.07) is 2.78. The first-order chi connectivity index (χ1) is 23.3. The van der Waals surface area contributed by atoms with Crippen LogP contribution in [-0.4, -0.2) is 93.5 Å². The van der Waals surface area contributed by atoms with Gasteiger partial charge in [0.2, 0.25) is 0 Å². The quantitative estimate of drug-likeness (QED) is 0.160. The fraction of sp³-hybridized carbons (Fsp3) is 0.852. The van der Waals surface area contributed by atoms with Crippen LogP contribution in [-0.2, 0) is 29.3 Å². The molecule has 2 saturated carbocycles. The van der Waals surface area contributed by atoms with Crippen LogP contribution in [0, 0.1) is 34.5 Å². The predicted octanol–water partition coefficient (Wildman–Crippen LogP) is 6.98. The Kier molecular flexibility index (Phi) is 15.4. The average molecular weight is 824 g/mol. The maximum atomic E-state index is 13.7. The van der Waals surface area contributed by atoms with Crippen molar-refractivity contribution in [3.63, 3.8) is 0 Å². The lowest BCUT2D eigenvalue weighted by Gasteiger charge is -2.31. The number of Topliss-reactive ketones (excluding diaryl/α,β-unsaturated/α-hetero) is 1. The minimum atomic E-state index is -6.35. The Hall–Kier alpha value is -2.96. The summed E-state index contributed by atoms with van der Waals surface area (Å²) in [5.74, 6) is -5.41. The molecule has 9 nitrogen and oxygen atoms in total. The van der Waals surface area contributed by atoms with E-state index in [1.807, 2.05) is 0 Å². The fourth-order valence-electron chi connectivity index (χ4n) is 5.43. The first kappa shape index (κ1) is 47.1. The number of alkyl halides is 14. The highest BCUT2D eigenvalue weighted by Gasteiger charge is 2.73. The first-order valence-corrected chi connectivity index (χ1v) is 18.3. The molecule has 300 valence electrons. The number of oxime groups is 1. The molecule has 2 aliphatic rings. The van der Waals surface area contributed by atoms with Crippen molar-refractivity contribution in [2.75, 3.05) is 18.6 Å². The van der Waals surface area contributed by atoms with Gasteiger partial charge in [-0.3, -0.25) is 4.79 Å². The van der Waals surface area contributed by atoms with Crippen molar-refractivity contribution in [1.29, 1.82) is 10.5 Å². The lowest BCUT2D eigenvalue weighted by Crippen LogP contribution is -2.54. The number of ketones is 1. The van der Waals surface area contributed by atoms with Gasteiger partial charge in [-0.15, -0.1) is 0 Å². The molecule has 25 heteroatoms. The maximum absolute atomic E-state index is 13.7. The van der Waals surface area contributed by atoms with Crippen LogP contribution in [0.15, 0.2) is 5.16 Å². The van der Waals surface area contributed by atoms with Crippen molar-refractivity contribution in [1.82, 2.24) is 0 Å². The summed E-state index contributed by atoms with van der Waals surface area (Å²) < 4.78 is 226. The van der Waals surface area contributed by atoms with Gasteiger partial charge >= 0.3 is 24.7 Å². The van der Waals surface area contributed by atoms with Gasteiger partial charge in [0.1, 0.15) is 12.9 Å². The number of nitriles is 2. The molecule has 2 aliphatic carbocycles. The summed E-state index contributed by atoms with van der Waals surface area (Å²) >= 11 is 0. The molecule has 2 atom stereocenters. The Bertz CT molecular complexity index is 1530. The van der Waals surface area contributed by atoms with E-state index in [-0.39, 0.29) is 57.1 Å². The van der Waals surface area contributed by atoms with Crippen molar-refractivity contribution < 1.29 is 87.9 Å².